The van der Waals surface area contributed by atoms with E-state index in [0.29, 0.717) is 29.4 Å². The van der Waals surface area contributed by atoms with Crippen molar-refractivity contribution in [1.29, 1.82) is 0 Å². The number of nitrogens with zero attached hydrogens (tertiary/aromatic N) is 1. The molecule has 0 saturated carbocycles. The van der Waals surface area contributed by atoms with E-state index in [0.717, 1.165) is 5.56 Å². The number of amides is 2. The second-order valence-electron chi connectivity index (χ2n) is 6.21. The topological polar surface area (TPSA) is 103 Å². The minimum atomic E-state index is -0.751. The van der Waals surface area contributed by atoms with Crippen molar-refractivity contribution >= 4 is 17.5 Å². The van der Waals surface area contributed by atoms with Gasteiger partial charge in [0, 0.05) is 29.7 Å². The first kappa shape index (κ1) is 19.9. The van der Waals surface area contributed by atoms with Crippen LogP contribution >= 0.6 is 0 Å². The molecule has 150 valence electrons. The second kappa shape index (κ2) is 9.41. The van der Waals surface area contributed by atoms with Crippen LogP contribution in [0.3, 0.4) is 0 Å². The summed E-state index contributed by atoms with van der Waals surface area (Å²) in [4.78, 5) is 28.5. The Hall–Kier alpha value is -3.81. The van der Waals surface area contributed by atoms with Crippen molar-refractivity contribution in [2.24, 2.45) is 0 Å². The number of anilines is 1. The number of hydrogen-bond donors (Lipinski definition) is 2. The van der Waals surface area contributed by atoms with Crippen LogP contribution in [-0.4, -0.2) is 29.9 Å². The molecular weight excluding hydrogens is 374 g/mol. The molecule has 0 fully saturated rings. The molecule has 0 bridgehead atoms. The summed E-state index contributed by atoms with van der Waals surface area (Å²) >= 11 is 0. The number of rotatable bonds is 8. The number of carbonyl (C=O) groups excluding carboxylic acids is 2. The van der Waals surface area contributed by atoms with E-state index in [-0.39, 0.29) is 5.91 Å². The first-order valence-corrected chi connectivity index (χ1v) is 8.90. The average Bonchev–Trinajstić information content (AvgIpc) is 3.28. The SMILES string of the molecule is COc1ccc(NC(=O)C(C)NC(=O)c2ccoc2)cc1OCc1cccnc1. The van der Waals surface area contributed by atoms with Gasteiger partial charge in [0.05, 0.1) is 18.9 Å². The van der Waals surface area contributed by atoms with E-state index in [1.165, 1.54) is 25.7 Å². The fraction of sp³-hybridized carbons (Fsp3) is 0.190. The summed E-state index contributed by atoms with van der Waals surface area (Å²) in [6.45, 7) is 1.90. The predicted octanol–water partition coefficient (Wildman–Crippen LogP) is 3.02. The zero-order valence-electron chi connectivity index (χ0n) is 16.0. The number of ether oxygens (including phenoxy) is 2. The zero-order valence-corrected chi connectivity index (χ0v) is 16.0. The quantitative estimate of drug-likeness (QED) is 0.608. The molecule has 8 nitrogen and oxygen atoms in total. The summed E-state index contributed by atoms with van der Waals surface area (Å²) in [6.07, 6.45) is 6.11. The molecule has 2 N–H and O–H groups in total. The van der Waals surface area contributed by atoms with Crippen molar-refractivity contribution in [3.05, 3.63) is 72.4 Å². The lowest BCUT2D eigenvalue weighted by Gasteiger charge is -2.16. The molecule has 0 aliphatic rings. The number of carbonyl (C=O) groups is 2. The molecule has 0 radical (unpaired) electrons. The van der Waals surface area contributed by atoms with Crippen LogP contribution in [0.2, 0.25) is 0 Å². The number of hydrogen-bond acceptors (Lipinski definition) is 6. The van der Waals surface area contributed by atoms with E-state index < -0.39 is 11.9 Å². The van der Waals surface area contributed by atoms with Gasteiger partial charge in [0.25, 0.3) is 5.91 Å². The lowest BCUT2D eigenvalue weighted by atomic mass is 10.2. The van der Waals surface area contributed by atoms with Crippen molar-refractivity contribution in [2.75, 3.05) is 12.4 Å². The van der Waals surface area contributed by atoms with Crippen LogP contribution in [0.25, 0.3) is 0 Å². The van der Waals surface area contributed by atoms with Gasteiger partial charge in [0.1, 0.15) is 18.9 Å². The molecule has 2 amide bonds. The Morgan fingerprint density at radius 3 is 2.76 bits per heavy atom. The smallest absolute Gasteiger partial charge is 0.255 e. The highest BCUT2D eigenvalue weighted by molar-refractivity contribution is 6.00. The summed E-state index contributed by atoms with van der Waals surface area (Å²) in [5, 5.41) is 5.37. The Labute approximate surface area is 167 Å². The van der Waals surface area contributed by atoms with Crippen LogP contribution in [0.15, 0.2) is 65.7 Å². The van der Waals surface area contributed by atoms with E-state index in [4.69, 9.17) is 13.9 Å². The summed E-state index contributed by atoms with van der Waals surface area (Å²) in [5.74, 6) is 0.249. The lowest BCUT2D eigenvalue weighted by Crippen LogP contribution is -2.41. The lowest BCUT2D eigenvalue weighted by molar-refractivity contribution is -0.117. The molecule has 1 atom stereocenters. The molecular formula is C21H21N3O5. The molecule has 8 heteroatoms. The molecule has 1 unspecified atom stereocenters. The minimum Gasteiger partial charge on any atom is -0.493 e. The summed E-state index contributed by atoms with van der Waals surface area (Å²) < 4.78 is 16.0. The van der Waals surface area contributed by atoms with Crippen LogP contribution < -0.4 is 20.1 Å². The standard InChI is InChI=1S/C21H21N3O5/c1-14(23-21(26)16-7-9-28-13-16)20(25)24-17-5-6-18(27-2)19(10-17)29-12-15-4-3-8-22-11-15/h3-11,13-14H,12H2,1-2H3,(H,23,26)(H,24,25). The summed E-state index contributed by atoms with van der Waals surface area (Å²) in [6, 6.07) is 9.55. The Morgan fingerprint density at radius 2 is 2.07 bits per heavy atom. The molecule has 29 heavy (non-hydrogen) atoms. The van der Waals surface area contributed by atoms with E-state index in [1.807, 2.05) is 12.1 Å². The highest BCUT2D eigenvalue weighted by Crippen LogP contribution is 2.31. The number of methoxy groups -OCH3 is 1. The third-order valence-electron chi connectivity index (χ3n) is 4.07. The van der Waals surface area contributed by atoms with E-state index in [2.05, 4.69) is 15.6 Å². The van der Waals surface area contributed by atoms with Crippen LogP contribution in [0.5, 0.6) is 11.5 Å². The molecule has 0 spiro atoms. The molecule has 0 aliphatic heterocycles. The van der Waals surface area contributed by atoms with Gasteiger partial charge in [0.15, 0.2) is 11.5 Å². The monoisotopic (exact) mass is 395 g/mol. The van der Waals surface area contributed by atoms with Gasteiger partial charge < -0.3 is 24.5 Å². The number of benzene rings is 1. The van der Waals surface area contributed by atoms with Gasteiger partial charge in [-0.25, -0.2) is 0 Å². The molecule has 3 aromatic rings. The van der Waals surface area contributed by atoms with Crippen LogP contribution in [0.4, 0.5) is 5.69 Å². The van der Waals surface area contributed by atoms with Gasteiger partial charge in [0.2, 0.25) is 5.91 Å². The first-order valence-electron chi connectivity index (χ1n) is 8.90. The number of aromatic nitrogens is 1. The Kier molecular flexibility index (Phi) is 6.47. The average molecular weight is 395 g/mol. The minimum absolute atomic E-state index is 0.304. The highest BCUT2D eigenvalue weighted by Gasteiger charge is 2.18. The van der Waals surface area contributed by atoms with Gasteiger partial charge in [-0.05, 0) is 31.2 Å². The van der Waals surface area contributed by atoms with Gasteiger partial charge >= 0.3 is 0 Å². The van der Waals surface area contributed by atoms with Crippen molar-refractivity contribution in [2.45, 2.75) is 19.6 Å². The van der Waals surface area contributed by atoms with Gasteiger partial charge in [-0.1, -0.05) is 6.07 Å². The van der Waals surface area contributed by atoms with Crippen LogP contribution in [-0.2, 0) is 11.4 Å². The maximum atomic E-state index is 12.4. The fourth-order valence-corrected chi connectivity index (χ4v) is 2.50. The van der Waals surface area contributed by atoms with Crippen molar-refractivity contribution in [3.63, 3.8) is 0 Å². The van der Waals surface area contributed by atoms with Crippen LogP contribution in [0.1, 0.15) is 22.8 Å². The number of furan rings is 1. The zero-order chi connectivity index (χ0) is 20.6. The Balaban J connectivity index is 1.63. The largest absolute Gasteiger partial charge is 0.493 e. The van der Waals surface area contributed by atoms with Crippen molar-refractivity contribution < 1.29 is 23.5 Å². The van der Waals surface area contributed by atoms with Gasteiger partial charge in [-0.3, -0.25) is 14.6 Å². The van der Waals surface area contributed by atoms with E-state index >= 15 is 0 Å². The van der Waals surface area contributed by atoms with Crippen molar-refractivity contribution in [1.82, 2.24) is 10.3 Å². The fourth-order valence-electron chi connectivity index (χ4n) is 2.50. The van der Waals surface area contributed by atoms with Gasteiger partial charge in [-0.15, -0.1) is 0 Å². The van der Waals surface area contributed by atoms with Crippen molar-refractivity contribution in [3.8, 4) is 11.5 Å². The Bertz CT molecular complexity index is 958. The predicted molar refractivity (Wildman–Crippen MR) is 106 cm³/mol. The highest BCUT2D eigenvalue weighted by atomic mass is 16.5. The summed E-state index contributed by atoms with van der Waals surface area (Å²) in [7, 11) is 1.54. The third-order valence-corrected chi connectivity index (χ3v) is 4.07. The summed E-state index contributed by atoms with van der Waals surface area (Å²) in [5.41, 5.74) is 1.76. The molecule has 3 rings (SSSR count). The molecule has 0 saturated heterocycles. The van der Waals surface area contributed by atoms with Gasteiger partial charge in [-0.2, -0.15) is 0 Å². The van der Waals surface area contributed by atoms with E-state index in [9.17, 15) is 9.59 Å². The third kappa shape index (κ3) is 5.35. The molecule has 1 aromatic carbocycles. The Morgan fingerprint density at radius 1 is 1.21 bits per heavy atom. The van der Waals surface area contributed by atoms with E-state index in [1.54, 1.807) is 37.5 Å². The molecule has 2 aromatic heterocycles. The first-order chi connectivity index (χ1) is 14.1. The van der Waals surface area contributed by atoms with Crippen LogP contribution in [0, 0.1) is 0 Å². The maximum absolute atomic E-state index is 12.4. The maximum Gasteiger partial charge on any atom is 0.255 e. The number of pyridine rings is 1. The molecule has 0 aliphatic carbocycles. The number of nitrogens with one attached hydrogen (secondary N) is 2. The molecule has 2 heterocycles. The second-order valence-corrected chi connectivity index (χ2v) is 6.21. The normalized spacial score (nSPS) is 11.4.